The lowest BCUT2D eigenvalue weighted by Crippen LogP contribution is -2.12. The van der Waals surface area contributed by atoms with Crippen LogP contribution in [-0.4, -0.2) is 26.1 Å². The maximum Gasteiger partial charge on any atom is 0.268 e. The van der Waals surface area contributed by atoms with Gasteiger partial charge in [-0.1, -0.05) is 6.92 Å². The predicted molar refractivity (Wildman–Crippen MR) is 85.5 cm³/mol. The average molecular weight is 317 g/mol. The number of amides is 1. The van der Waals surface area contributed by atoms with Gasteiger partial charge in [-0.25, -0.2) is 4.98 Å². The van der Waals surface area contributed by atoms with E-state index < -0.39 is 0 Å². The number of nitrogens with one attached hydrogen (secondary N) is 3. The van der Waals surface area contributed by atoms with Gasteiger partial charge in [-0.2, -0.15) is 5.10 Å². The van der Waals surface area contributed by atoms with E-state index in [1.54, 1.807) is 6.07 Å². The Kier molecular flexibility index (Phi) is 3.76. The second kappa shape index (κ2) is 5.72. The molecule has 3 rings (SSSR count). The van der Waals surface area contributed by atoms with Crippen LogP contribution in [0.2, 0.25) is 0 Å². The largest absolute Gasteiger partial charge is 0.307 e. The monoisotopic (exact) mass is 317 g/mol. The van der Waals surface area contributed by atoms with Gasteiger partial charge in [-0.05, 0) is 25.8 Å². The third-order valence-electron chi connectivity index (χ3n) is 3.20. The van der Waals surface area contributed by atoms with Gasteiger partial charge >= 0.3 is 0 Å². The van der Waals surface area contributed by atoms with Gasteiger partial charge in [-0.15, -0.1) is 11.3 Å². The molecule has 3 aromatic rings. The molecule has 1 amide bonds. The third kappa shape index (κ3) is 2.64. The van der Waals surface area contributed by atoms with Crippen molar-refractivity contribution in [3.05, 3.63) is 38.1 Å². The number of thiazole rings is 1. The summed E-state index contributed by atoms with van der Waals surface area (Å²) in [5, 5.41) is 11.1. The van der Waals surface area contributed by atoms with Crippen molar-refractivity contribution in [1.82, 2.24) is 20.2 Å². The van der Waals surface area contributed by atoms with Crippen molar-refractivity contribution >= 4 is 34.1 Å². The zero-order valence-corrected chi connectivity index (χ0v) is 13.0. The van der Waals surface area contributed by atoms with Crippen molar-refractivity contribution in [2.45, 2.75) is 26.7 Å². The summed E-state index contributed by atoms with van der Waals surface area (Å²) in [4.78, 5) is 31.3. The van der Waals surface area contributed by atoms with Gasteiger partial charge in [0.2, 0.25) is 5.56 Å². The number of hydrogen-bond donors (Lipinski definition) is 3. The minimum atomic E-state index is -0.239. The Morgan fingerprint density at radius 1 is 1.41 bits per heavy atom. The smallest absolute Gasteiger partial charge is 0.268 e. The van der Waals surface area contributed by atoms with Crippen LogP contribution in [0.1, 0.15) is 33.7 Å². The minimum Gasteiger partial charge on any atom is -0.307 e. The highest BCUT2D eigenvalue weighted by atomic mass is 32.1. The molecular formula is C14H15N5O2S. The van der Waals surface area contributed by atoms with E-state index in [4.69, 9.17) is 0 Å². The van der Waals surface area contributed by atoms with Crippen molar-refractivity contribution in [1.29, 1.82) is 0 Å². The molecular weight excluding hydrogens is 302 g/mol. The van der Waals surface area contributed by atoms with Crippen LogP contribution in [0.5, 0.6) is 0 Å². The summed E-state index contributed by atoms with van der Waals surface area (Å²) < 4.78 is 0. The molecule has 0 bridgehead atoms. The number of carbonyl (C=O) groups is 1. The van der Waals surface area contributed by atoms with Gasteiger partial charge in [0, 0.05) is 6.07 Å². The van der Waals surface area contributed by atoms with E-state index >= 15 is 0 Å². The van der Waals surface area contributed by atoms with Crippen molar-refractivity contribution in [2.24, 2.45) is 0 Å². The summed E-state index contributed by atoms with van der Waals surface area (Å²) in [6, 6.07) is 3.01. The first-order valence-electron chi connectivity index (χ1n) is 6.93. The highest BCUT2D eigenvalue weighted by Gasteiger charge is 2.17. The normalized spacial score (nSPS) is 11.0. The molecule has 0 spiro atoms. The van der Waals surface area contributed by atoms with Crippen LogP contribution in [0.25, 0.3) is 11.0 Å². The summed E-state index contributed by atoms with van der Waals surface area (Å²) in [6.45, 7) is 3.90. The molecule has 0 aromatic carbocycles. The van der Waals surface area contributed by atoms with Gasteiger partial charge in [-0.3, -0.25) is 14.7 Å². The van der Waals surface area contributed by atoms with Gasteiger partial charge in [0.15, 0.2) is 5.82 Å². The van der Waals surface area contributed by atoms with E-state index in [1.807, 2.05) is 6.92 Å². The van der Waals surface area contributed by atoms with Crippen LogP contribution < -0.4 is 10.9 Å². The Morgan fingerprint density at radius 2 is 2.23 bits per heavy atom. The predicted octanol–water partition coefficient (Wildman–Crippen LogP) is 2.22. The number of rotatable bonds is 4. The van der Waals surface area contributed by atoms with Gasteiger partial charge in [0.25, 0.3) is 5.91 Å². The molecule has 3 N–H and O–H groups in total. The van der Waals surface area contributed by atoms with E-state index in [0.29, 0.717) is 21.7 Å². The zero-order chi connectivity index (χ0) is 15.7. The number of aryl methyl sites for hydroxylation is 2. The SMILES string of the molecule is CCCc1nc(C)c(C(=O)Nc2n[nH]c3[nH]c(=O)ccc23)s1. The zero-order valence-electron chi connectivity index (χ0n) is 12.2. The molecule has 0 saturated carbocycles. The number of fused-ring (bicyclic) bond motifs is 1. The number of carbonyl (C=O) groups excluding carboxylic acids is 1. The van der Waals surface area contributed by atoms with E-state index in [2.05, 4.69) is 32.4 Å². The summed E-state index contributed by atoms with van der Waals surface area (Å²) in [5.41, 5.74) is 0.978. The molecule has 7 nitrogen and oxygen atoms in total. The van der Waals surface area contributed by atoms with E-state index in [0.717, 1.165) is 23.5 Å². The lowest BCUT2D eigenvalue weighted by atomic mass is 10.3. The highest BCUT2D eigenvalue weighted by Crippen LogP contribution is 2.22. The van der Waals surface area contributed by atoms with E-state index in [-0.39, 0.29) is 11.5 Å². The molecule has 0 atom stereocenters. The van der Waals surface area contributed by atoms with Crippen LogP contribution in [-0.2, 0) is 6.42 Å². The Balaban J connectivity index is 1.88. The van der Waals surface area contributed by atoms with Crippen LogP contribution in [0, 0.1) is 6.92 Å². The Morgan fingerprint density at radius 3 is 3.00 bits per heavy atom. The summed E-state index contributed by atoms with van der Waals surface area (Å²) in [7, 11) is 0. The van der Waals surface area contributed by atoms with Gasteiger partial charge in [0.05, 0.1) is 16.1 Å². The third-order valence-corrected chi connectivity index (χ3v) is 4.41. The molecule has 8 heteroatoms. The maximum absolute atomic E-state index is 12.4. The standard InChI is InChI=1S/C14H15N5O2S/c1-3-4-10-15-7(2)11(22-10)14(21)17-13-8-5-6-9(20)16-12(8)18-19-13/h5-6H,3-4H2,1-2H3,(H3,16,17,18,19,20,21). The first-order valence-corrected chi connectivity index (χ1v) is 7.75. The lowest BCUT2D eigenvalue weighted by molar-refractivity contribution is 0.102. The molecule has 0 aliphatic rings. The van der Waals surface area contributed by atoms with Crippen molar-refractivity contribution in [3.63, 3.8) is 0 Å². The molecule has 0 aliphatic heterocycles. The molecule has 22 heavy (non-hydrogen) atoms. The van der Waals surface area contributed by atoms with Crippen LogP contribution >= 0.6 is 11.3 Å². The molecule has 0 saturated heterocycles. The Bertz CT molecular complexity index is 892. The fourth-order valence-electron chi connectivity index (χ4n) is 2.18. The molecule has 3 heterocycles. The molecule has 0 aliphatic carbocycles. The van der Waals surface area contributed by atoms with Gasteiger partial charge < -0.3 is 10.3 Å². The van der Waals surface area contributed by atoms with E-state index in [9.17, 15) is 9.59 Å². The van der Waals surface area contributed by atoms with Crippen LogP contribution in [0.3, 0.4) is 0 Å². The van der Waals surface area contributed by atoms with Crippen molar-refractivity contribution < 1.29 is 4.79 Å². The fourth-order valence-corrected chi connectivity index (χ4v) is 3.24. The summed E-state index contributed by atoms with van der Waals surface area (Å²) in [5.74, 6) is 0.151. The Labute approximate surface area is 129 Å². The van der Waals surface area contributed by atoms with Gasteiger partial charge in [0.1, 0.15) is 10.5 Å². The average Bonchev–Trinajstić information content (AvgIpc) is 3.03. The highest BCUT2D eigenvalue weighted by molar-refractivity contribution is 7.13. The second-order valence-corrected chi connectivity index (χ2v) is 5.99. The minimum absolute atomic E-state index is 0.225. The molecule has 0 unspecified atom stereocenters. The first kappa shape index (κ1) is 14.5. The van der Waals surface area contributed by atoms with E-state index in [1.165, 1.54) is 17.4 Å². The Hall–Kier alpha value is -2.48. The molecule has 3 aromatic heterocycles. The first-order chi connectivity index (χ1) is 10.6. The quantitative estimate of drug-likeness (QED) is 0.686. The van der Waals surface area contributed by atoms with Crippen molar-refractivity contribution in [3.8, 4) is 0 Å². The summed E-state index contributed by atoms with van der Waals surface area (Å²) in [6.07, 6.45) is 1.86. The maximum atomic E-state index is 12.4. The number of aromatic nitrogens is 4. The number of aromatic amines is 2. The molecule has 0 radical (unpaired) electrons. The number of H-pyrrole nitrogens is 2. The second-order valence-electron chi connectivity index (χ2n) is 4.91. The number of anilines is 1. The van der Waals surface area contributed by atoms with Crippen LogP contribution in [0.15, 0.2) is 16.9 Å². The number of nitrogens with zero attached hydrogens (tertiary/aromatic N) is 2. The number of hydrogen-bond acceptors (Lipinski definition) is 5. The topological polar surface area (TPSA) is 104 Å². The van der Waals surface area contributed by atoms with Crippen molar-refractivity contribution in [2.75, 3.05) is 5.32 Å². The molecule has 114 valence electrons. The molecule has 0 fully saturated rings. The lowest BCUT2D eigenvalue weighted by Gasteiger charge is -2.00. The fraction of sp³-hybridized carbons (Fsp3) is 0.286. The summed E-state index contributed by atoms with van der Waals surface area (Å²) >= 11 is 1.40. The van der Waals surface area contributed by atoms with Crippen LogP contribution in [0.4, 0.5) is 5.82 Å². The number of pyridine rings is 1.